The van der Waals surface area contributed by atoms with E-state index < -0.39 is 0 Å². The lowest BCUT2D eigenvalue weighted by Crippen LogP contribution is -2.39. The molecule has 1 aliphatic rings. The molecule has 3 heteroatoms. The molecule has 3 nitrogen and oxygen atoms in total. The highest BCUT2D eigenvalue weighted by Gasteiger charge is 2.21. The van der Waals surface area contributed by atoms with Crippen LogP contribution in [-0.4, -0.2) is 30.5 Å². The van der Waals surface area contributed by atoms with Crippen LogP contribution in [0, 0.1) is 5.92 Å². The lowest BCUT2D eigenvalue weighted by molar-refractivity contribution is 0.0683. The number of ether oxygens (including phenoxy) is 1. The highest BCUT2D eigenvalue weighted by molar-refractivity contribution is 5.94. The largest absolute Gasteiger partial charge is 0.494 e. The molecule has 0 N–H and O–H groups in total. The van der Waals surface area contributed by atoms with Crippen LogP contribution < -0.4 is 4.74 Å². The normalized spacial score (nSPS) is 19.7. The second kappa shape index (κ2) is 5.89. The zero-order valence-electron chi connectivity index (χ0n) is 11.2. The Morgan fingerprint density at radius 1 is 1.39 bits per heavy atom. The zero-order valence-corrected chi connectivity index (χ0v) is 11.2. The van der Waals surface area contributed by atoms with E-state index in [2.05, 4.69) is 6.92 Å². The molecular weight excluding hydrogens is 226 g/mol. The molecule has 1 aromatic carbocycles. The van der Waals surface area contributed by atoms with Crippen LogP contribution in [-0.2, 0) is 0 Å². The Morgan fingerprint density at radius 2 is 2.11 bits per heavy atom. The van der Waals surface area contributed by atoms with Crippen LogP contribution in [0.15, 0.2) is 24.3 Å². The third-order valence-corrected chi connectivity index (χ3v) is 3.36. The number of amides is 1. The molecule has 1 amide bonds. The maximum Gasteiger partial charge on any atom is 0.253 e. The molecule has 98 valence electrons. The molecule has 0 spiro atoms. The quantitative estimate of drug-likeness (QED) is 0.822. The molecule has 18 heavy (non-hydrogen) atoms. The minimum Gasteiger partial charge on any atom is -0.494 e. The highest BCUT2D eigenvalue weighted by Crippen LogP contribution is 2.19. The van der Waals surface area contributed by atoms with Crippen molar-refractivity contribution in [3.05, 3.63) is 29.8 Å². The van der Waals surface area contributed by atoms with Crippen LogP contribution in [0.5, 0.6) is 5.75 Å². The van der Waals surface area contributed by atoms with Gasteiger partial charge in [-0.05, 0) is 49.9 Å². The summed E-state index contributed by atoms with van der Waals surface area (Å²) >= 11 is 0. The van der Waals surface area contributed by atoms with Gasteiger partial charge in [0, 0.05) is 18.7 Å². The summed E-state index contributed by atoms with van der Waals surface area (Å²) in [6.45, 7) is 6.57. The Balaban J connectivity index is 2.03. The Hall–Kier alpha value is -1.51. The van der Waals surface area contributed by atoms with Crippen LogP contribution in [0.25, 0.3) is 0 Å². The van der Waals surface area contributed by atoms with E-state index in [1.807, 2.05) is 36.1 Å². The first-order chi connectivity index (χ1) is 8.70. The van der Waals surface area contributed by atoms with Crippen molar-refractivity contribution in [1.82, 2.24) is 4.90 Å². The van der Waals surface area contributed by atoms with E-state index in [1.165, 1.54) is 6.42 Å². The summed E-state index contributed by atoms with van der Waals surface area (Å²) in [5, 5.41) is 0. The second-order valence-corrected chi connectivity index (χ2v) is 4.96. The maximum atomic E-state index is 12.3. The fourth-order valence-electron chi connectivity index (χ4n) is 2.42. The zero-order chi connectivity index (χ0) is 13.0. The molecule has 1 atom stereocenters. The maximum absolute atomic E-state index is 12.3. The van der Waals surface area contributed by atoms with Gasteiger partial charge in [-0.3, -0.25) is 4.79 Å². The van der Waals surface area contributed by atoms with Crippen molar-refractivity contribution < 1.29 is 9.53 Å². The average Bonchev–Trinajstić information content (AvgIpc) is 2.39. The van der Waals surface area contributed by atoms with Gasteiger partial charge in [0.25, 0.3) is 5.91 Å². The molecule has 0 aromatic heterocycles. The van der Waals surface area contributed by atoms with Gasteiger partial charge in [-0.1, -0.05) is 6.92 Å². The SMILES string of the molecule is CCOc1ccc(C(=O)N2CCC[C@H](C)C2)cc1. The number of carbonyl (C=O) groups excluding carboxylic acids is 1. The van der Waals surface area contributed by atoms with E-state index in [9.17, 15) is 4.79 Å². The number of rotatable bonds is 3. The van der Waals surface area contributed by atoms with Crippen molar-refractivity contribution >= 4 is 5.91 Å². The van der Waals surface area contributed by atoms with Crippen LogP contribution in [0.4, 0.5) is 0 Å². The minimum absolute atomic E-state index is 0.143. The Morgan fingerprint density at radius 3 is 2.72 bits per heavy atom. The predicted molar refractivity (Wildman–Crippen MR) is 71.9 cm³/mol. The monoisotopic (exact) mass is 247 g/mol. The van der Waals surface area contributed by atoms with Crippen LogP contribution in [0.3, 0.4) is 0 Å². The van der Waals surface area contributed by atoms with Crippen LogP contribution >= 0.6 is 0 Å². The molecule has 1 heterocycles. The van der Waals surface area contributed by atoms with Gasteiger partial charge >= 0.3 is 0 Å². The standard InChI is InChI=1S/C15H21NO2/c1-3-18-14-8-6-13(7-9-14)15(17)16-10-4-5-12(2)11-16/h6-9,12H,3-5,10-11H2,1-2H3/t12-/m0/s1. The van der Waals surface area contributed by atoms with Crippen molar-refractivity contribution in [3.63, 3.8) is 0 Å². The number of nitrogens with zero attached hydrogens (tertiary/aromatic N) is 1. The van der Waals surface area contributed by atoms with Gasteiger partial charge in [0.1, 0.15) is 5.75 Å². The molecule has 1 aromatic rings. The van der Waals surface area contributed by atoms with Gasteiger partial charge in [-0.15, -0.1) is 0 Å². The fourth-order valence-corrected chi connectivity index (χ4v) is 2.42. The highest BCUT2D eigenvalue weighted by atomic mass is 16.5. The lowest BCUT2D eigenvalue weighted by Gasteiger charge is -2.31. The molecule has 0 unspecified atom stereocenters. The first-order valence-corrected chi connectivity index (χ1v) is 6.73. The van der Waals surface area contributed by atoms with Gasteiger partial charge in [-0.2, -0.15) is 0 Å². The van der Waals surface area contributed by atoms with E-state index in [4.69, 9.17) is 4.74 Å². The van der Waals surface area contributed by atoms with Crippen molar-refractivity contribution in [2.75, 3.05) is 19.7 Å². The van der Waals surface area contributed by atoms with Crippen molar-refractivity contribution in [2.45, 2.75) is 26.7 Å². The van der Waals surface area contributed by atoms with Crippen LogP contribution in [0.1, 0.15) is 37.0 Å². The summed E-state index contributed by atoms with van der Waals surface area (Å²) in [5.74, 6) is 1.58. The summed E-state index contributed by atoms with van der Waals surface area (Å²) < 4.78 is 5.38. The third kappa shape index (κ3) is 3.03. The summed E-state index contributed by atoms with van der Waals surface area (Å²) in [4.78, 5) is 14.3. The van der Waals surface area contributed by atoms with Gasteiger partial charge in [0.2, 0.25) is 0 Å². The van der Waals surface area contributed by atoms with Gasteiger partial charge < -0.3 is 9.64 Å². The van der Waals surface area contributed by atoms with E-state index in [0.29, 0.717) is 12.5 Å². The molecule has 1 fully saturated rings. The fraction of sp³-hybridized carbons (Fsp3) is 0.533. The van der Waals surface area contributed by atoms with Gasteiger partial charge in [0.15, 0.2) is 0 Å². The molecule has 1 aliphatic heterocycles. The molecule has 2 rings (SSSR count). The van der Waals surface area contributed by atoms with E-state index >= 15 is 0 Å². The third-order valence-electron chi connectivity index (χ3n) is 3.36. The smallest absolute Gasteiger partial charge is 0.253 e. The molecular formula is C15H21NO2. The molecule has 1 saturated heterocycles. The lowest BCUT2D eigenvalue weighted by atomic mass is 9.99. The predicted octanol–water partition coefficient (Wildman–Crippen LogP) is 2.96. The minimum atomic E-state index is 0.143. The number of likely N-dealkylation sites (tertiary alicyclic amines) is 1. The molecule has 0 bridgehead atoms. The number of hydrogen-bond donors (Lipinski definition) is 0. The summed E-state index contributed by atoms with van der Waals surface area (Å²) in [7, 11) is 0. The molecule has 0 radical (unpaired) electrons. The van der Waals surface area contributed by atoms with E-state index in [1.54, 1.807) is 0 Å². The topological polar surface area (TPSA) is 29.5 Å². The van der Waals surface area contributed by atoms with Crippen molar-refractivity contribution in [1.29, 1.82) is 0 Å². The average molecular weight is 247 g/mol. The molecule has 0 aliphatic carbocycles. The van der Waals surface area contributed by atoms with Crippen molar-refractivity contribution in [3.8, 4) is 5.75 Å². The van der Waals surface area contributed by atoms with Crippen LogP contribution in [0.2, 0.25) is 0 Å². The van der Waals surface area contributed by atoms with Gasteiger partial charge in [-0.25, -0.2) is 0 Å². The van der Waals surface area contributed by atoms with E-state index in [-0.39, 0.29) is 5.91 Å². The first-order valence-electron chi connectivity index (χ1n) is 6.73. The number of carbonyl (C=O) groups is 1. The second-order valence-electron chi connectivity index (χ2n) is 4.96. The van der Waals surface area contributed by atoms with E-state index in [0.717, 1.165) is 30.8 Å². The summed E-state index contributed by atoms with van der Waals surface area (Å²) in [6, 6.07) is 7.44. The van der Waals surface area contributed by atoms with Crippen molar-refractivity contribution in [2.24, 2.45) is 5.92 Å². The Labute approximate surface area is 109 Å². The van der Waals surface area contributed by atoms with Gasteiger partial charge in [0.05, 0.1) is 6.61 Å². The Bertz CT molecular complexity index is 399. The number of hydrogen-bond acceptors (Lipinski definition) is 2. The molecule has 0 saturated carbocycles. The number of benzene rings is 1. The number of piperidine rings is 1. The summed E-state index contributed by atoms with van der Waals surface area (Å²) in [5.41, 5.74) is 0.757. The Kier molecular flexibility index (Phi) is 4.24. The summed E-state index contributed by atoms with van der Waals surface area (Å²) in [6.07, 6.45) is 2.34. The first kappa shape index (κ1) is 12.9.